The fourth-order valence-electron chi connectivity index (χ4n) is 3.22. The van der Waals surface area contributed by atoms with Crippen LogP contribution in [-0.2, 0) is 27.2 Å². The highest BCUT2D eigenvalue weighted by atomic mass is 32.1. The van der Waals surface area contributed by atoms with E-state index in [1.54, 1.807) is 6.07 Å². The van der Waals surface area contributed by atoms with Gasteiger partial charge in [0.2, 0.25) is 0 Å². The first-order chi connectivity index (χ1) is 13.8. The van der Waals surface area contributed by atoms with Crippen molar-refractivity contribution in [1.82, 2.24) is 0 Å². The van der Waals surface area contributed by atoms with Crippen LogP contribution < -0.4 is 11.1 Å². The van der Waals surface area contributed by atoms with E-state index < -0.39 is 24.4 Å². The average Bonchev–Trinajstić information content (AvgIpc) is 3.27. The van der Waals surface area contributed by atoms with Crippen molar-refractivity contribution in [3.8, 4) is 0 Å². The normalized spacial score (nSPS) is 12.9. The summed E-state index contributed by atoms with van der Waals surface area (Å²) in [7, 11) is 0. The summed E-state index contributed by atoms with van der Waals surface area (Å²) in [6.45, 7) is 1.42. The molecule has 0 unspecified atom stereocenters. The number of amides is 2. The first-order valence-corrected chi connectivity index (χ1v) is 11.0. The lowest BCUT2D eigenvalue weighted by molar-refractivity contribution is -0.147. The number of nitrogens with one attached hydrogen (secondary N) is 1. The summed E-state index contributed by atoms with van der Waals surface area (Å²) < 4.78 is 4.96. The molecule has 7 nitrogen and oxygen atoms in total. The number of thiophene rings is 2. The van der Waals surface area contributed by atoms with Crippen molar-refractivity contribution in [2.75, 3.05) is 11.9 Å². The van der Waals surface area contributed by atoms with Gasteiger partial charge in [-0.25, -0.2) is 0 Å². The monoisotopic (exact) mass is 434 g/mol. The average molecular weight is 435 g/mol. The molecule has 0 fully saturated rings. The molecular formula is C20H22N2O5S2. The van der Waals surface area contributed by atoms with Crippen LogP contribution >= 0.6 is 22.7 Å². The Morgan fingerprint density at radius 2 is 1.86 bits per heavy atom. The number of rotatable bonds is 8. The Morgan fingerprint density at radius 3 is 2.55 bits per heavy atom. The minimum Gasteiger partial charge on any atom is -0.456 e. The van der Waals surface area contributed by atoms with Crippen molar-refractivity contribution in [2.45, 2.75) is 45.4 Å². The minimum absolute atomic E-state index is 0.0316. The lowest BCUT2D eigenvalue weighted by atomic mass is 9.95. The summed E-state index contributed by atoms with van der Waals surface area (Å²) in [5.74, 6) is -1.86. The molecule has 0 radical (unpaired) electrons. The molecule has 3 rings (SSSR count). The van der Waals surface area contributed by atoms with E-state index in [0.717, 1.165) is 41.0 Å². The van der Waals surface area contributed by atoms with Crippen molar-refractivity contribution < 1.29 is 23.9 Å². The third kappa shape index (κ3) is 5.30. The second kappa shape index (κ2) is 9.32. The van der Waals surface area contributed by atoms with E-state index in [-0.39, 0.29) is 18.6 Å². The number of hydrogen-bond acceptors (Lipinski definition) is 7. The maximum atomic E-state index is 12.2. The van der Waals surface area contributed by atoms with Gasteiger partial charge in [-0.1, -0.05) is 0 Å². The van der Waals surface area contributed by atoms with E-state index in [1.165, 1.54) is 22.7 Å². The van der Waals surface area contributed by atoms with Gasteiger partial charge in [-0.3, -0.25) is 19.2 Å². The molecule has 0 spiro atoms. The first kappa shape index (κ1) is 21.2. The quantitative estimate of drug-likeness (QED) is 0.489. The number of hydrogen-bond donors (Lipinski definition) is 2. The summed E-state index contributed by atoms with van der Waals surface area (Å²) in [6, 6.07) is 3.58. The fraction of sp³-hybridized carbons (Fsp3) is 0.400. The van der Waals surface area contributed by atoms with Crippen LogP contribution in [0.3, 0.4) is 0 Å². The summed E-state index contributed by atoms with van der Waals surface area (Å²) in [5.41, 5.74) is 6.78. The zero-order valence-corrected chi connectivity index (χ0v) is 17.7. The maximum Gasteiger partial charge on any atom is 0.306 e. The second-order valence-electron chi connectivity index (χ2n) is 6.82. The van der Waals surface area contributed by atoms with Crippen LogP contribution in [0.5, 0.6) is 0 Å². The van der Waals surface area contributed by atoms with Gasteiger partial charge in [0.25, 0.3) is 11.8 Å². The molecule has 1 aliphatic rings. The van der Waals surface area contributed by atoms with Gasteiger partial charge >= 0.3 is 5.97 Å². The van der Waals surface area contributed by atoms with Crippen molar-refractivity contribution in [3.05, 3.63) is 37.9 Å². The highest BCUT2D eigenvalue weighted by molar-refractivity contribution is 7.17. The second-order valence-corrected chi connectivity index (χ2v) is 9.21. The van der Waals surface area contributed by atoms with Gasteiger partial charge in [0, 0.05) is 16.2 Å². The largest absolute Gasteiger partial charge is 0.456 e. The number of anilines is 1. The lowest BCUT2D eigenvalue weighted by Gasteiger charge is -2.11. The predicted octanol–water partition coefficient (Wildman–Crippen LogP) is 3.24. The topological polar surface area (TPSA) is 116 Å². The molecule has 3 N–H and O–H groups in total. The Bertz CT molecular complexity index is 960. The molecule has 0 aromatic carbocycles. The van der Waals surface area contributed by atoms with Gasteiger partial charge < -0.3 is 15.8 Å². The van der Waals surface area contributed by atoms with Gasteiger partial charge in [-0.2, -0.15) is 0 Å². The van der Waals surface area contributed by atoms with Gasteiger partial charge in [0.05, 0.1) is 16.9 Å². The molecule has 0 aliphatic heterocycles. The number of Topliss-reactive ketones (excluding diaryl/α,β-unsaturated/α-hetero) is 1. The lowest BCUT2D eigenvalue weighted by Crippen LogP contribution is -2.23. The summed E-state index contributed by atoms with van der Waals surface area (Å²) in [5, 5.41) is 3.05. The highest BCUT2D eigenvalue weighted by Gasteiger charge is 2.25. The van der Waals surface area contributed by atoms with Crippen LogP contribution in [-0.4, -0.2) is 30.2 Å². The van der Waals surface area contributed by atoms with Gasteiger partial charge in [-0.15, -0.1) is 22.7 Å². The number of aryl methyl sites for hydroxylation is 2. The summed E-state index contributed by atoms with van der Waals surface area (Å²) in [6.07, 6.45) is 3.60. The highest BCUT2D eigenvalue weighted by Crippen LogP contribution is 2.37. The number of carbonyl (C=O) groups excluding carboxylic acids is 4. The molecule has 0 bridgehead atoms. The molecule has 2 aromatic rings. The van der Waals surface area contributed by atoms with E-state index in [2.05, 4.69) is 5.32 Å². The Morgan fingerprint density at radius 1 is 1.10 bits per heavy atom. The van der Waals surface area contributed by atoms with Crippen molar-refractivity contribution in [3.63, 3.8) is 0 Å². The zero-order chi connectivity index (χ0) is 21.0. The van der Waals surface area contributed by atoms with E-state index in [4.69, 9.17) is 10.5 Å². The van der Waals surface area contributed by atoms with E-state index in [1.807, 2.05) is 13.0 Å². The number of ketones is 1. The number of nitrogens with two attached hydrogens (primary N) is 1. The first-order valence-electron chi connectivity index (χ1n) is 9.34. The predicted molar refractivity (Wildman–Crippen MR) is 112 cm³/mol. The molecule has 154 valence electrons. The maximum absolute atomic E-state index is 12.2. The number of fused-ring (bicyclic) bond motifs is 1. The van der Waals surface area contributed by atoms with Crippen molar-refractivity contribution in [1.29, 1.82) is 0 Å². The Kier molecular flexibility index (Phi) is 6.81. The fourth-order valence-corrected chi connectivity index (χ4v) is 5.36. The molecular weight excluding hydrogens is 412 g/mol. The van der Waals surface area contributed by atoms with Crippen LogP contribution in [0.25, 0.3) is 0 Å². The molecule has 1 aliphatic carbocycles. The van der Waals surface area contributed by atoms with Crippen LogP contribution in [0, 0.1) is 6.92 Å². The van der Waals surface area contributed by atoms with E-state index >= 15 is 0 Å². The van der Waals surface area contributed by atoms with Crippen LogP contribution in [0.4, 0.5) is 5.00 Å². The van der Waals surface area contributed by atoms with E-state index in [9.17, 15) is 19.2 Å². The van der Waals surface area contributed by atoms with Crippen LogP contribution in [0.2, 0.25) is 0 Å². The molecule has 2 heterocycles. The molecule has 0 saturated carbocycles. The molecule has 2 amide bonds. The number of ether oxygens (including phenoxy) is 1. The van der Waals surface area contributed by atoms with Crippen molar-refractivity contribution in [2.24, 2.45) is 5.73 Å². The summed E-state index contributed by atoms with van der Waals surface area (Å²) >= 11 is 2.73. The number of esters is 1. The zero-order valence-electron chi connectivity index (χ0n) is 16.0. The third-order valence-electron chi connectivity index (χ3n) is 4.61. The Labute approximate surface area is 176 Å². The van der Waals surface area contributed by atoms with Gasteiger partial charge in [0.15, 0.2) is 12.4 Å². The third-order valence-corrected chi connectivity index (χ3v) is 6.86. The standard InChI is InChI=1S/C20H22N2O5S2/c1-11-6-8-15(28-11)13(23)7-9-17(25)27-10-16(24)22-20-18(19(21)26)12-4-2-3-5-14(12)29-20/h6,8H,2-5,7,9-10H2,1H3,(H2,21,26)(H,22,24). The van der Waals surface area contributed by atoms with E-state index in [0.29, 0.717) is 15.4 Å². The Balaban J connectivity index is 1.50. The van der Waals surface area contributed by atoms with Crippen molar-refractivity contribution >= 4 is 51.2 Å². The Hall–Kier alpha value is -2.52. The van der Waals surface area contributed by atoms with Gasteiger partial charge in [0.1, 0.15) is 5.00 Å². The molecule has 2 aromatic heterocycles. The molecule has 0 saturated heterocycles. The van der Waals surface area contributed by atoms with Gasteiger partial charge in [-0.05, 0) is 50.3 Å². The SMILES string of the molecule is Cc1ccc(C(=O)CCC(=O)OCC(=O)Nc2sc3c(c2C(N)=O)CCCC3)s1. The van der Waals surface area contributed by atoms with Crippen LogP contribution in [0.15, 0.2) is 12.1 Å². The smallest absolute Gasteiger partial charge is 0.306 e. The molecule has 0 atom stereocenters. The molecule has 9 heteroatoms. The number of primary amides is 1. The minimum atomic E-state index is -0.623. The van der Waals surface area contributed by atoms with Crippen LogP contribution in [0.1, 0.15) is 61.0 Å². The summed E-state index contributed by atoms with van der Waals surface area (Å²) in [4.78, 5) is 50.6. The number of carbonyl (C=O) groups is 4. The molecule has 29 heavy (non-hydrogen) atoms.